The van der Waals surface area contributed by atoms with Crippen molar-refractivity contribution in [3.8, 4) is 0 Å². The normalized spacial score (nSPS) is 13.6. The van der Waals surface area contributed by atoms with Gasteiger partial charge in [-0.05, 0) is 76.2 Å². The molecule has 0 atom stereocenters. The summed E-state index contributed by atoms with van der Waals surface area (Å²) in [5, 5.41) is 2.95. The third-order valence-corrected chi connectivity index (χ3v) is 6.53. The number of halogens is 2. The Morgan fingerprint density at radius 2 is 1.92 bits per heavy atom. The number of hydrogen-bond donors (Lipinski definition) is 3. The molecule has 0 unspecified atom stereocenters. The fourth-order valence-corrected chi connectivity index (χ4v) is 4.41. The Labute approximate surface area is 229 Å². The maximum atomic E-state index is 14.1. The molecular formula is C27H37ClFN5O4. The average Bonchev–Trinajstić information content (AvgIpc) is 3.31. The Bertz CT molecular complexity index is 1190. The molecule has 1 aromatic heterocycles. The van der Waals surface area contributed by atoms with E-state index in [1.54, 1.807) is 19.9 Å². The number of anilines is 1. The van der Waals surface area contributed by atoms with Gasteiger partial charge >= 0.3 is 6.09 Å². The monoisotopic (exact) mass is 549 g/mol. The Morgan fingerprint density at radius 1 is 1.21 bits per heavy atom. The number of aryl methyl sites for hydroxylation is 1. The van der Waals surface area contributed by atoms with Gasteiger partial charge in [0.25, 0.3) is 11.8 Å². The number of nitrogens with one attached hydrogen (secondary N) is 2. The molecule has 0 radical (unpaired) electrons. The number of nitrogens with zero attached hydrogens (tertiary/aromatic N) is 2. The van der Waals surface area contributed by atoms with Crippen molar-refractivity contribution in [1.29, 1.82) is 0 Å². The summed E-state index contributed by atoms with van der Waals surface area (Å²) in [4.78, 5) is 45.3. The predicted octanol–water partition coefficient (Wildman–Crippen LogP) is 4.03. The van der Waals surface area contributed by atoms with Crippen LogP contribution in [0.2, 0.25) is 0 Å². The van der Waals surface area contributed by atoms with Gasteiger partial charge in [-0.3, -0.25) is 9.59 Å². The number of likely N-dealkylation sites (N-methyl/N-ethyl adjacent to an activating group) is 1. The molecule has 2 aromatic rings. The second-order valence-corrected chi connectivity index (χ2v) is 8.92. The van der Waals surface area contributed by atoms with Crippen molar-refractivity contribution in [2.24, 2.45) is 5.73 Å². The van der Waals surface area contributed by atoms with Gasteiger partial charge in [-0.2, -0.15) is 0 Å². The first kappa shape index (κ1) is 31.0. The van der Waals surface area contributed by atoms with E-state index in [9.17, 15) is 18.8 Å². The highest BCUT2D eigenvalue weighted by Crippen LogP contribution is 2.39. The molecule has 0 saturated heterocycles. The van der Waals surface area contributed by atoms with Crippen LogP contribution in [0.4, 0.5) is 14.9 Å². The van der Waals surface area contributed by atoms with E-state index < -0.39 is 17.8 Å². The van der Waals surface area contributed by atoms with Gasteiger partial charge in [0, 0.05) is 30.0 Å². The number of rotatable bonds is 11. The number of carbonyl (C=O) groups is 3. The highest BCUT2D eigenvalue weighted by molar-refractivity contribution is 6.41. The van der Waals surface area contributed by atoms with Crippen molar-refractivity contribution in [1.82, 2.24) is 15.2 Å². The zero-order valence-corrected chi connectivity index (χ0v) is 23.2. The number of nitrogens with two attached hydrogens (primary N) is 1. The molecule has 3 amide bonds. The number of imide groups is 1. The first-order valence-electron chi connectivity index (χ1n) is 12.7. The van der Waals surface area contributed by atoms with Crippen LogP contribution < -0.4 is 16.0 Å². The lowest BCUT2D eigenvalue weighted by molar-refractivity contribution is -0.112. The van der Waals surface area contributed by atoms with Crippen molar-refractivity contribution < 1.29 is 23.5 Å². The minimum absolute atomic E-state index is 0. The van der Waals surface area contributed by atoms with E-state index in [2.05, 4.69) is 29.0 Å². The summed E-state index contributed by atoms with van der Waals surface area (Å²) < 4.78 is 19.4. The molecule has 1 aliphatic rings. The first-order chi connectivity index (χ1) is 17.7. The standard InChI is InChI=1S/C27H36FN5O4.ClH/c1-5-32(6-2)13-12-30-25(34)24-17(3)22(31-18(24)4)16-21-20-15-19(28)9-10-23(20)33(26(21)35)27(36)37-14-8-7-11-29;/h9-10,15-16,31H,5-8,11-14,29H2,1-4H3,(H,30,34);1H. The van der Waals surface area contributed by atoms with E-state index in [1.807, 2.05) is 0 Å². The van der Waals surface area contributed by atoms with E-state index in [1.165, 1.54) is 18.2 Å². The fraction of sp³-hybridized carbons (Fsp3) is 0.444. The summed E-state index contributed by atoms with van der Waals surface area (Å²) in [6, 6.07) is 3.79. The second-order valence-electron chi connectivity index (χ2n) is 8.92. The number of unbranched alkanes of at least 4 members (excludes halogenated alkanes) is 1. The lowest BCUT2D eigenvalue weighted by atomic mass is 10.0. The molecule has 3 rings (SSSR count). The molecule has 1 aromatic carbocycles. The highest BCUT2D eigenvalue weighted by Gasteiger charge is 2.38. The average molecular weight is 550 g/mol. The Balaban J connectivity index is 0.00000507. The molecule has 38 heavy (non-hydrogen) atoms. The van der Waals surface area contributed by atoms with Gasteiger partial charge in [-0.1, -0.05) is 13.8 Å². The second kappa shape index (κ2) is 14.1. The molecule has 11 heteroatoms. The first-order valence-corrected chi connectivity index (χ1v) is 12.7. The summed E-state index contributed by atoms with van der Waals surface area (Å²) in [7, 11) is 0. The Kier molecular flexibility index (Phi) is 11.5. The minimum atomic E-state index is -0.828. The molecule has 0 bridgehead atoms. The van der Waals surface area contributed by atoms with Crippen molar-refractivity contribution in [3.05, 3.63) is 52.1 Å². The van der Waals surface area contributed by atoms with Gasteiger partial charge < -0.3 is 25.7 Å². The zero-order chi connectivity index (χ0) is 27.1. The van der Waals surface area contributed by atoms with Crippen molar-refractivity contribution >= 4 is 47.7 Å². The number of aromatic nitrogens is 1. The summed E-state index contributed by atoms with van der Waals surface area (Å²) in [6.45, 7) is 11.4. The van der Waals surface area contributed by atoms with Gasteiger partial charge in [0.2, 0.25) is 0 Å². The van der Waals surface area contributed by atoms with E-state index in [4.69, 9.17) is 10.5 Å². The van der Waals surface area contributed by atoms with E-state index in [-0.39, 0.29) is 41.7 Å². The van der Waals surface area contributed by atoms with Crippen LogP contribution in [0.15, 0.2) is 18.2 Å². The van der Waals surface area contributed by atoms with Gasteiger partial charge in [-0.25, -0.2) is 14.1 Å². The molecule has 208 valence electrons. The Hall–Kier alpha value is -3.21. The smallest absolute Gasteiger partial charge is 0.421 e. The number of aromatic amines is 1. The number of H-pyrrole nitrogens is 1. The molecule has 2 heterocycles. The van der Waals surface area contributed by atoms with Crippen LogP contribution in [-0.2, 0) is 9.53 Å². The van der Waals surface area contributed by atoms with Crippen LogP contribution in [0.5, 0.6) is 0 Å². The van der Waals surface area contributed by atoms with Crippen molar-refractivity contribution in [3.63, 3.8) is 0 Å². The third-order valence-electron chi connectivity index (χ3n) is 6.53. The molecular weight excluding hydrogens is 513 g/mol. The fourth-order valence-electron chi connectivity index (χ4n) is 4.41. The highest BCUT2D eigenvalue weighted by atomic mass is 35.5. The van der Waals surface area contributed by atoms with Crippen molar-refractivity contribution in [2.75, 3.05) is 44.2 Å². The molecule has 9 nitrogen and oxygen atoms in total. The van der Waals surface area contributed by atoms with Crippen LogP contribution >= 0.6 is 12.4 Å². The summed E-state index contributed by atoms with van der Waals surface area (Å²) in [6.07, 6.45) is 1.98. The van der Waals surface area contributed by atoms with Crippen LogP contribution in [0.1, 0.15) is 59.6 Å². The number of ether oxygens (including phenoxy) is 1. The van der Waals surface area contributed by atoms with Crippen LogP contribution in [0.25, 0.3) is 11.6 Å². The summed E-state index contributed by atoms with van der Waals surface area (Å²) in [5.74, 6) is -1.38. The summed E-state index contributed by atoms with van der Waals surface area (Å²) >= 11 is 0. The largest absolute Gasteiger partial charge is 0.449 e. The molecule has 0 aliphatic carbocycles. The predicted molar refractivity (Wildman–Crippen MR) is 149 cm³/mol. The zero-order valence-electron chi connectivity index (χ0n) is 22.4. The topological polar surface area (TPSA) is 121 Å². The lowest BCUT2D eigenvalue weighted by Gasteiger charge is -2.18. The van der Waals surface area contributed by atoms with Gasteiger partial charge in [0.1, 0.15) is 5.82 Å². The maximum Gasteiger partial charge on any atom is 0.421 e. The minimum Gasteiger partial charge on any atom is -0.449 e. The van der Waals surface area contributed by atoms with Crippen LogP contribution in [0.3, 0.4) is 0 Å². The number of hydrogen-bond acceptors (Lipinski definition) is 6. The molecule has 0 fully saturated rings. The maximum absolute atomic E-state index is 14.1. The Morgan fingerprint density at radius 3 is 2.58 bits per heavy atom. The molecule has 0 saturated carbocycles. The molecule has 0 spiro atoms. The van der Waals surface area contributed by atoms with Crippen LogP contribution in [-0.4, -0.2) is 67.1 Å². The molecule has 4 N–H and O–H groups in total. The third kappa shape index (κ3) is 6.80. The number of benzene rings is 1. The molecule has 1 aliphatic heterocycles. The van der Waals surface area contributed by atoms with E-state index in [0.717, 1.165) is 24.5 Å². The van der Waals surface area contributed by atoms with E-state index in [0.29, 0.717) is 48.4 Å². The quantitative estimate of drug-likeness (QED) is 0.287. The number of amides is 3. The lowest BCUT2D eigenvalue weighted by Crippen LogP contribution is -2.35. The number of carbonyl (C=O) groups excluding carboxylic acids is 3. The van der Waals surface area contributed by atoms with Gasteiger partial charge in [-0.15, -0.1) is 12.4 Å². The van der Waals surface area contributed by atoms with Crippen molar-refractivity contribution in [2.45, 2.75) is 40.5 Å². The number of fused-ring (bicyclic) bond motifs is 1. The van der Waals surface area contributed by atoms with Gasteiger partial charge in [0.05, 0.1) is 23.4 Å². The summed E-state index contributed by atoms with van der Waals surface area (Å²) in [5.41, 5.74) is 8.45. The SMILES string of the molecule is CCN(CC)CCNC(=O)c1c(C)[nH]c(C=C2C(=O)N(C(=O)OCCCCN)c3ccc(F)cc32)c1C.Cl. The van der Waals surface area contributed by atoms with Gasteiger partial charge in [0.15, 0.2) is 0 Å². The van der Waals surface area contributed by atoms with E-state index >= 15 is 0 Å². The van der Waals surface area contributed by atoms with Crippen LogP contribution in [0, 0.1) is 19.7 Å².